The Morgan fingerprint density at radius 1 is 1.53 bits per heavy atom. The topological polar surface area (TPSA) is 68.0 Å². The van der Waals surface area contributed by atoms with Crippen molar-refractivity contribution in [1.29, 1.82) is 0 Å². The van der Waals surface area contributed by atoms with Crippen molar-refractivity contribution in [3.05, 3.63) is 29.6 Å². The maximum atomic E-state index is 11.7. The van der Waals surface area contributed by atoms with Crippen molar-refractivity contribution >= 4 is 5.91 Å². The van der Waals surface area contributed by atoms with Crippen molar-refractivity contribution in [2.45, 2.75) is 39.8 Å². The van der Waals surface area contributed by atoms with Gasteiger partial charge in [0.05, 0.1) is 18.3 Å². The second-order valence-electron chi connectivity index (χ2n) is 4.40. The van der Waals surface area contributed by atoms with Gasteiger partial charge in [-0.3, -0.25) is 9.78 Å². The van der Waals surface area contributed by atoms with E-state index in [1.165, 1.54) is 0 Å². The van der Waals surface area contributed by atoms with Crippen molar-refractivity contribution in [3.63, 3.8) is 0 Å². The van der Waals surface area contributed by atoms with Crippen LogP contribution in [0.3, 0.4) is 0 Å². The van der Waals surface area contributed by atoms with Crippen LogP contribution in [0, 0.1) is 12.8 Å². The molecule has 2 unspecified atom stereocenters. The first-order chi connectivity index (χ1) is 8.04. The van der Waals surface area contributed by atoms with Crippen LogP contribution in [-0.4, -0.2) is 16.9 Å². The number of hydrogen-bond acceptors (Lipinski definition) is 3. The lowest BCUT2D eigenvalue weighted by Crippen LogP contribution is -2.44. The van der Waals surface area contributed by atoms with Crippen molar-refractivity contribution < 1.29 is 4.79 Å². The highest BCUT2D eigenvalue weighted by Crippen LogP contribution is 2.05. The predicted molar refractivity (Wildman–Crippen MR) is 68.3 cm³/mol. The molecule has 0 aliphatic heterocycles. The molecule has 4 heteroatoms. The van der Waals surface area contributed by atoms with Crippen LogP contribution < -0.4 is 11.1 Å². The maximum absolute atomic E-state index is 11.7. The quantitative estimate of drug-likeness (QED) is 0.810. The number of nitrogens with one attached hydrogen (secondary N) is 1. The molecule has 0 spiro atoms. The largest absolute Gasteiger partial charge is 0.349 e. The van der Waals surface area contributed by atoms with E-state index in [1.807, 2.05) is 39.0 Å². The second-order valence-corrected chi connectivity index (χ2v) is 4.40. The molecule has 94 valence electrons. The molecule has 0 aliphatic carbocycles. The van der Waals surface area contributed by atoms with E-state index in [0.717, 1.165) is 17.8 Å². The average Bonchev–Trinajstić information content (AvgIpc) is 2.34. The third-order valence-corrected chi connectivity index (χ3v) is 2.95. The smallest absolute Gasteiger partial charge is 0.237 e. The van der Waals surface area contributed by atoms with E-state index >= 15 is 0 Å². The minimum atomic E-state index is -0.440. The molecule has 0 aliphatic rings. The third kappa shape index (κ3) is 4.15. The van der Waals surface area contributed by atoms with Gasteiger partial charge in [0.25, 0.3) is 0 Å². The Kier molecular flexibility index (Phi) is 5.10. The first-order valence-corrected chi connectivity index (χ1v) is 6.00. The molecule has 3 N–H and O–H groups in total. The van der Waals surface area contributed by atoms with Crippen LogP contribution in [0.2, 0.25) is 0 Å². The van der Waals surface area contributed by atoms with Gasteiger partial charge in [-0.1, -0.05) is 26.3 Å². The van der Waals surface area contributed by atoms with Gasteiger partial charge in [-0.2, -0.15) is 0 Å². The number of rotatable bonds is 5. The summed E-state index contributed by atoms with van der Waals surface area (Å²) in [4.78, 5) is 16.1. The predicted octanol–water partition coefficient (Wildman–Crippen LogP) is 1.38. The zero-order chi connectivity index (χ0) is 12.8. The van der Waals surface area contributed by atoms with Crippen molar-refractivity contribution in [3.8, 4) is 0 Å². The van der Waals surface area contributed by atoms with Gasteiger partial charge < -0.3 is 11.1 Å². The summed E-state index contributed by atoms with van der Waals surface area (Å²) in [7, 11) is 0. The standard InChI is InChI=1S/C13H21N3O/c1-4-9(2)12(14)13(17)15-8-11-7-5-6-10(3)16-11/h5-7,9,12H,4,8,14H2,1-3H3,(H,15,17). The summed E-state index contributed by atoms with van der Waals surface area (Å²) in [6, 6.07) is 5.31. The van der Waals surface area contributed by atoms with Gasteiger partial charge in [0.1, 0.15) is 0 Å². The summed E-state index contributed by atoms with van der Waals surface area (Å²) in [5.74, 6) is 0.0862. The minimum absolute atomic E-state index is 0.109. The number of carbonyl (C=O) groups excluding carboxylic acids is 1. The van der Waals surface area contributed by atoms with Crippen molar-refractivity contribution in [1.82, 2.24) is 10.3 Å². The molecule has 0 saturated carbocycles. The maximum Gasteiger partial charge on any atom is 0.237 e. The SMILES string of the molecule is CCC(C)C(N)C(=O)NCc1cccc(C)n1. The molecule has 0 fully saturated rings. The van der Waals surface area contributed by atoms with Gasteiger partial charge in [-0.15, -0.1) is 0 Å². The van der Waals surface area contributed by atoms with Gasteiger partial charge in [0.2, 0.25) is 5.91 Å². The molecule has 0 aromatic carbocycles. The highest BCUT2D eigenvalue weighted by atomic mass is 16.2. The fourth-order valence-electron chi connectivity index (χ4n) is 1.51. The molecule has 1 amide bonds. The summed E-state index contributed by atoms with van der Waals surface area (Å²) in [6.07, 6.45) is 0.900. The molecule has 1 heterocycles. The first-order valence-electron chi connectivity index (χ1n) is 6.00. The summed E-state index contributed by atoms with van der Waals surface area (Å²) < 4.78 is 0. The normalized spacial score (nSPS) is 14.1. The first kappa shape index (κ1) is 13.6. The van der Waals surface area contributed by atoms with Gasteiger partial charge in [-0.05, 0) is 25.0 Å². The fourth-order valence-corrected chi connectivity index (χ4v) is 1.51. The molecule has 1 aromatic rings. The van der Waals surface area contributed by atoms with Crippen LogP contribution in [0.5, 0.6) is 0 Å². The Morgan fingerprint density at radius 2 is 2.24 bits per heavy atom. The van der Waals surface area contributed by atoms with Crippen LogP contribution in [0.15, 0.2) is 18.2 Å². The van der Waals surface area contributed by atoms with E-state index in [2.05, 4.69) is 10.3 Å². The molecular formula is C13H21N3O. The summed E-state index contributed by atoms with van der Waals surface area (Å²) >= 11 is 0. The zero-order valence-electron chi connectivity index (χ0n) is 10.7. The highest BCUT2D eigenvalue weighted by Gasteiger charge is 2.18. The Bertz CT molecular complexity index is 379. The Hall–Kier alpha value is -1.42. The molecule has 1 rings (SSSR count). The van der Waals surface area contributed by atoms with E-state index in [1.54, 1.807) is 0 Å². The van der Waals surface area contributed by atoms with Crippen LogP contribution >= 0.6 is 0 Å². The summed E-state index contributed by atoms with van der Waals surface area (Å²) in [5.41, 5.74) is 7.64. The van der Waals surface area contributed by atoms with Gasteiger partial charge in [0, 0.05) is 5.69 Å². The number of pyridine rings is 1. The zero-order valence-corrected chi connectivity index (χ0v) is 10.7. The lowest BCUT2D eigenvalue weighted by Gasteiger charge is -2.17. The fraction of sp³-hybridized carbons (Fsp3) is 0.538. The Labute approximate surface area is 103 Å². The molecule has 2 atom stereocenters. The number of carbonyl (C=O) groups is 1. The van der Waals surface area contributed by atoms with Gasteiger partial charge in [-0.25, -0.2) is 0 Å². The number of hydrogen-bond donors (Lipinski definition) is 2. The molecule has 0 radical (unpaired) electrons. The van der Waals surface area contributed by atoms with E-state index in [9.17, 15) is 4.79 Å². The molecule has 0 bridgehead atoms. The minimum Gasteiger partial charge on any atom is -0.349 e. The van der Waals surface area contributed by atoms with Crippen LogP contribution in [0.25, 0.3) is 0 Å². The molecule has 17 heavy (non-hydrogen) atoms. The van der Waals surface area contributed by atoms with Crippen molar-refractivity contribution in [2.24, 2.45) is 11.7 Å². The van der Waals surface area contributed by atoms with E-state index in [4.69, 9.17) is 5.73 Å². The number of aryl methyl sites for hydroxylation is 1. The Balaban J connectivity index is 2.48. The monoisotopic (exact) mass is 235 g/mol. The average molecular weight is 235 g/mol. The van der Waals surface area contributed by atoms with Crippen LogP contribution in [0.1, 0.15) is 31.7 Å². The van der Waals surface area contributed by atoms with E-state index in [0.29, 0.717) is 6.54 Å². The number of nitrogens with zero attached hydrogens (tertiary/aromatic N) is 1. The summed E-state index contributed by atoms with van der Waals surface area (Å²) in [5, 5.41) is 2.81. The summed E-state index contributed by atoms with van der Waals surface area (Å²) in [6.45, 7) is 6.37. The molecule has 4 nitrogen and oxygen atoms in total. The van der Waals surface area contributed by atoms with Gasteiger partial charge >= 0.3 is 0 Å². The van der Waals surface area contributed by atoms with E-state index < -0.39 is 6.04 Å². The lowest BCUT2D eigenvalue weighted by atomic mass is 9.99. The molecule has 0 saturated heterocycles. The van der Waals surface area contributed by atoms with Crippen LogP contribution in [0.4, 0.5) is 0 Å². The number of nitrogens with two attached hydrogens (primary N) is 1. The number of aromatic nitrogens is 1. The number of amides is 1. The third-order valence-electron chi connectivity index (χ3n) is 2.95. The van der Waals surface area contributed by atoms with E-state index in [-0.39, 0.29) is 11.8 Å². The molecular weight excluding hydrogens is 214 g/mol. The highest BCUT2D eigenvalue weighted by molar-refractivity contribution is 5.81. The van der Waals surface area contributed by atoms with Crippen molar-refractivity contribution in [2.75, 3.05) is 0 Å². The van der Waals surface area contributed by atoms with Crippen LogP contribution in [-0.2, 0) is 11.3 Å². The molecule has 1 aromatic heterocycles. The Morgan fingerprint density at radius 3 is 2.82 bits per heavy atom. The lowest BCUT2D eigenvalue weighted by molar-refractivity contribution is -0.123. The second kappa shape index (κ2) is 6.35. The van der Waals surface area contributed by atoms with Gasteiger partial charge in [0.15, 0.2) is 0 Å².